The van der Waals surface area contributed by atoms with E-state index in [-0.39, 0.29) is 11.9 Å². The molecule has 1 aromatic heterocycles. The summed E-state index contributed by atoms with van der Waals surface area (Å²) < 4.78 is 23.5. The van der Waals surface area contributed by atoms with Gasteiger partial charge in [-0.05, 0) is 24.2 Å². The van der Waals surface area contributed by atoms with Crippen LogP contribution in [0, 0.1) is 11.7 Å². The minimum Gasteiger partial charge on any atom is -0.377 e. The lowest BCUT2D eigenvalue weighted by Crippen LogP contribution is -2.32. The SMILES string of the molecule is CCN(Cc1nc(COC)no1)CC1CNNC1c1ccc(F)cc1. The Balaban J connectivity index is 1.62. The Morgan fingerprint density at radius 2 is 2.16 bits per heavy atom. The van der Waals surface area contributed by atoms with Gasteiger partial charge in [0.2, 0.25) is 5.89 Å². The average Bonchev–Trinajstić information content (AvgIpc) is 3.25. The van der Waals surface area contributed by atoms with Crippen LogP contribution in [-0.2, 0) is 17.9 Å². The van der Waals surface area contributed by atoms with Crippen molar-refractivity contribution in [3.63, 3.8) is 0 Å². The topological polar surface area (TPSA) is 75.5 Å². The average molecular weight is 349 g/mol. The molecule has 136 valence electrons. The van der Waals surface area contributed by atoms with Crippen LogP contribution in [0.1, 0.15) is 30.2 Å². The fourth-order valence-electron chi connectivity index (χ4n) is 3.10. The van der Waals surface area contributed by atoms with Gasteiger partial charge in [0.25, 0.3) is 0 Å². The molecule has 0 aliphatic carbocycles. The number of aromatic nitrogens is 2. The minimum absolute atomic E-state index is 0.140. The second-order valence-corrected chi connectivity index (χ2v) is 6.18. The molecular formula is C17H24FN5O2. The van der Waals surface area contributed by atoms with Gasteiger partial charge < -0.3 is 9.26 Å². The number of rotatable bonds is 8. The highest BCUT2D eigenvalue weighted by Crippen LogP contribution is 2.26. The highest BCUT2D eigenvalue weighted by Gasteiger charge is 2.30. The maximum Gasteiger partial charge on any atom is 0.240 e. The van der Waals surface area contributed by atoms with Crippen molar-refractivity contribution in [3.8, 4) is 0 Å². The molecule has 2 unspecified atom stereocenters. The number of hydrogen-bond acceptors (Lipinski definition) is 7. The first kappa shape index (κ1) is 17.9. The van der Waals surface area contributed by atoms with Gasteiger partial charge in [0.05, 0.1) is 12.6 Å². The fourth-order valence-corrected chi connectivity index (χ4v) is 3.10. The monoisotopic (exact) mass is 349 g/mol. The van der Waals surface area contributed by atoms with E-state index in [9.17, 15) is 4.39 Å². The molecule has 1 saturated heterocycles. The molecule has 1 aliphatic heterocycles. The molecule has 1 aromatic carbocycles. The molecule has 1 fully saturated rings. The van der Waals surface area contributed by atoms with E-state index in [1.807, 2.05) is 12.1 Å². The number of methoxy groups -OCH3 is 1. The van der Waals surface area contributed by atoms with Crippen LogP contribution in [0.15, 0.2) is 28.8 Å². The number of ether oxygens (including phenoxy) is 1. The van der Waals surface area contributed by atoms with E-state index in [0.717, 1.165) is 25.2 Å². The van der Waals surface area contributed by atoms with Crippen LogP contribution in [0.2, 0.25) is 0 Å². The van der Waals surface area contributed by atoms with E-state index in [1.165, 1.54) is 12.1 Å². The molecule has 0 saturated carbocycles. The van der Waals surface area contributed by atoms with Crippen molar-refractivity contribution in [3.05, 3.63) is 47.4 Å². The van der Waals surface area contributed by atoms with Gasteiger partial charge in [-0.25, -0.2) is 9.82 Å². The maximum atomic E-state index is 13.2. The molecule has 0 radical (unpaired) electrons. The zero-order valence-electron chi connectivity index (χ0n) is 14.5. The van der Waals surface area contributed by atoms with Crippen molar-refractivity contribution in [1.82, 2.24) is 25.9 Å². The quantitative estimate of drug-likeness (QED) is 0.750. The lowest BCUT2D eigenvalue weighted by Gasteiger charge is -2.26. The molecule has 2 N–H and O–H groups in total. The second kappa shape index (κ2) is 8.48. The van der Waals surface area contributed by atoms with Crippen LogP contribution in [0.4, 0.5) is 4.39 Å². The first-order chi connectivity index (χ1) is 12.2. The Kier molecular flexibility index (Phi) is 6.09. The molecule has 8 heteroatoms. The summed E-state index contributed by atoms with van der Waals surface area (Å²) in [7, 11) is 1.60. The van der Waals surface area contributed by atoms with E-state index in [1.54, 1.807) is 7.11 Å². The van der Waals surface area contributed by atoms with Gasteiger partial charge in [0.15, 0.2) is 5.82 Å². The first-order valence-corrected chi connectivity index (χ1v) is 8.46. The van der Waals surface area contributed by atoms with Crippen molar-refractivity contribution in [2.45, 2.75) is 26.1 Å². The number of hydrogen-bond donors (Lipinski definition) is 2. The molecular weight excluding hydrogens is 325 g/mol. The first-order valence-electron chi connectivity index (χ1n) is 8.46. The summed E-state index contributed by atoms with van der Waals surface area (Å²) in [6, 6.07) is 6.80. The number of benzene rings is 1. The molecule has 0 bridgehead atoms. The van der Waals surface area contributed by atoms with E-state index in [0.29, 0.717) is 30.8 Å². The van der Waals surface area contributed by atoms with Crippen LogP contribution in [0.25, 0.3) is 0 Å². The molecule has 3 rings (SSSR count). The van der Waals surface area contributed by atoms with E-state index >= 15 is 0 Å². The van der Waals surface area contributed by atoms with Crippen molar-refractivity contribution in [2.24, 2.45) is 5.92 Å². The van der Waals surface area contributed by atoms with Gasteiger partial charge in [-0.15, -0.1) is 0 Å². The van der Waals surface area contributed by atoms with Gasteiger partial charge in [0, 0.05) is 26.1 Å². The molecule has 0 amide bonds. The van der Waals surface area contributed by atoms with Gasteiger partial charge in [-0.1, -0.05) is 24.2 Å². The Hall–Kier alpha value is -1.87. The summed E-state index contributed by atoms with van der Waals surface area (Å²) in [6.07, 6.45) is 0. The van der Waals surface area contributed by atoms with E-state index in [4.69, 9.17) is 9.26 Å². The van der Waals surface area contributed by atoms with E-state index < -0.39 is 0 Å². The second-order valence-electron chi connectivity index (χ2n) is 6.18. The number of nitrogens with one attached hydrogen (secondary N) is 2. The van der Waals surface area contributed by atoms with Gasteiger partial charge in [-0.2, -0.15) is 4.98 Å². The van der Waals surface area contributed by atoms with Crippen molar-refractivity contribution in [2.75, 3.05) is 26.7 Å². The standard InChI is InChI=1S/C17H24FN5O2/c1-3-23(10-16-20-15(11-24-2)22-25-16)9-13-8-19-21-17(13)12-4-6-14(18)7-5-12/h4-7,13,17,19,21H,3,8-11H2,1-2H3. The third-order valence-corrected chi connectivity index (χ3v) is 4.40. The highest BCUT2D eigenvalue weighted by atomic mass is 19.1. The van der Waals surface area contributed by atoms with Gasteiger partial charge >= 0.3 is 0 Å². The Morgan fingerprint density at radius 3 is 2.88 bits per heavy atom. The zero-order chi connectivity index (χ0) is 17.6. The van der Waals surface area contributed by atoms with Gasteiger partial charge in [0.1, 0.15) is 12.4 Å². The molecule has 1 aliphatic rings. The summed E-state index contributed by atoms with van der Waals surface area (Å²) in [4.78, 5) is 6.60. The molecule has 2 atom stereocenters. The number of nitrogens with zero attached hydrogens (tertiary/aromatic N) is 3. The Morgan fingerprint density at radius 1 is 1.36 bits per heavy atom. The molecule has 0 spiro atoms. The maximum absolute atomic E-state index is 13.2. The van der Waals surface area contributed by atoms with Crippen LogP contribution < -0.4 is 10.9 Å². The largest absolute Gasteiger partial charge is 0.377 e. The summed E-state index contributed by atoms with van der Waals surface area (Å²) in [5, 5.41) is 3.90. The fraction of sp³-hybridized carbons (Fsp3) is 0.529. The summed E-state index contributed by atoms with van der Waals surface area (Å²) in [6.45, 7) is 5.63. The third-order valence-electron chi connectivity index (χ3n) is 4.40. The van der Waals surface area contributed by atoms with Crippen LogP contribution >= 0.6 is 0 Å². The predicted octanol–water partition coefficient (Wildman–Crippen LogP) is 1.64. The zero-order valence-corrected chi connectivity index (χ0v) is 14.5. The third kappa shape index (κ3) is 4.60. The summed E-state index contributed by atoms with van der Waals surface area (Å²) >= 11 is 0. The molecule has 25 heavy (non-hydrogen) atoms. The molecule has 2 aromatic rings. The van der Waals surface area contributed by atoms with Crippen LogP contribution in [0.3, 0.4) is 0 Å². The summed E-state index contributed by atoms with van der Waals surface area (Å²) in [5.41, 5.74) is 7.58. The lowest BCUT2D eigenvalue weighted by molar-refractivity contribution is 0.174. The van der Waals surface area contributed by atoms with Crippen LogP contribution in [0.5, 0.6) is 0 Å². The smallest absolute Gasteiger partial charge is 0.240 e. The lowest BCUT2D eigenvalue weighted by atomic mass is 9.94. The Labute approximate surface area is 146 Å². The number of halogens is 1. The van der Waals surface area contributed by atoms with Gasteiger partial charge in [-0.3, -0.25) is 10.3 Å². The predicted molar refractivity (Wildman–Crippen MR) is 89.7 cm³/mol. The molecule has 2 heterocycles. The minimum atomic E-state index is -0.218. The van der Waals surface area contributed by atoms with Crippen molar-refractivity contribution in [1.29, 1.82) is 0 Å². The van der Waals surface area contributed by atoms with Crippen molar-refractivity contribution < 1.29 is 13.7 Å². The number of hydrazine groups is 1. The highest BCUT2D eigenvalue weighted by molar-refractivity contribution is 5.21. The molecule has 7 nitrogen and oxygen atoms in total. The summed E-state index contributed by atoms with van der Waals surface area (Å²) in [5.74, 6) is 1.28. The van der Waals surface area contributed by atoms with Crippen molar-refractivity contribution >= 4 is 0 Å². The Bertz CT molecular complexity index is 663. The van der Waals surface area contributed by atoms with Crippen LogP contribution in [-0.4, -0.2) is 41.8 Å². The normalized spacial score (nSPS) is 20.5. The van der Waals surface area contributed by atoms with E-state index in [2.05, 4.69) is 32.8 Å².